The minimum atomic E-state index is 0.0140. The highest BCUT2D eigenvalue weighted by Crippen LogP contribution is 2.33. The number of para-hydroxylation sites is 1. The van der Waals surface area contributed by atoms with Crippen LogP contribution >= 0.6 is 0 Å². The molecule has 3 N–H and O–H groups in total. The van der Waals surface area contributed by atoms with Crippen molar-refractivity contribution in [2.75, 3.05) is 18.4 Å². The molecule has 3 aromatic rings. The Hall–Kier alpha value is -2.66. The predicted octanol–water partition coefficient (Wildman–Crippen LogP) is 5.05. The highest BCUT2D eigenvalue weighted by atomic mass is 16.1. The number of nitrogens with one attached hydrogen (secondary N) is 3. The quantitative estimate of drug-likeness (QED) is 0.437. The van der Waals surface area contributed by atoms with Crippen molar-refractivity contribution >= 4 is 16.6 Å². The SMILES string of the molecule is O=c1ccc2c([nH]1)CCC[C@H]2NCCCCCNc1c2c(nc3ccccc13)CCCC2. The van der Waals surface area contributed by atoms with E-state index in [1.165, 1.54) is 60.0 Å². The van der Waals surface area contributed by atoms with Crippen LogP contribution in [-0.4, -0.2) is 23.1 Å². The van der Waals surface area contributed by atoms with E-state index in [0.717, 1.165) is 56.4 Å². The molecule has 0 saturated carbocycles. The molecule has 0 unspecified atom stereocenters. The number of pyridine rings is 2. The van der Waals surface area contributed by atoms with E-state index >= 15 is 0 Å². The van der Waals surface area contributed by atoms with Crippen LogP contribution in [0.15, 0.2) is 41.2 Å². The van der Waals surface area contributed by atoms with Gasteiger partial charge in [-0.2, -0.15) is 0 Å². The molecular formula is C27H34N4O. The fourth-order valence-corrected chi connectivity index (χ4v) is 5.40. The monoisotopic (exact) mass is 430 g/mol. The molecule has 0 saturated heterocycles. The van der Waals surface area contributed by atoms with Crippen LogP contribution in [0.2, 0.25) is 0 Å². The van der Waals surface area contributed by atoms with Gasteiger partial charge in [0.05, 0.1) is 5.52 Å². The summed E-state index contributed by atoms with van der Waals surface area (Å²) in [5.41, 5.74) is 7.62. The molecule has 2 heterocycles. The molecule has 1 atom stereocenters. The van der Waals surface area contributed by atoms with Gasteiger partial charge in [0.25, 0.3) is 0 Å². The summed E-state index contributed by atoms with van der Waals surface area (Å²) in [7, 11) is 0. The summed E-state index contributed by atoms with van der Waals surface area (Å²) < 4.78 is 0. The normalized spacial score (nSPS) is 17.7. The number of aromatic nitrogens is 2. The summed E-state index contributed by atoms with van der Waals surface area (Å²) in [6, 6.07) is 12.6. The lowest BCUT2D eigenvalue weighted by Gasteiger charge is -2.26. The third-order valence-electron chi connectivity index (χ3n) is 7.05. The number of rotatable bonds is 8. The summed E-state index contributed by atoms with van der Waals surface area (Å²) in [4.78, 5) is 19.5. The van der Waals surface area contributed by atoms with E-state index < -0.39 is 0 Å². The number of hydrogen-bond donors (Lipinski definition) is 3. The van der Waals surface area contributed by atoms with Crippen LogP contribution in [0.1, 0.15) is 73.5 Å². The number of hydrogen-bond acceptors (Lipinski definition) is 4. The summed E-state index contributed by atoms with van der Waals surface area (Å²) in [6.45, 7) is 2.03. The van der Waals surface area contributed by atoms with E-state index in [0.29, 0.717) is 6.04 Å². The van der Waals surface area contributed by atoms with E-state index in [9.17, 15) is 4.79 Å². The Bertz CT molecular complexity index is 1140. The Morgan fingerprint density at radius 3 is 2.78 bits per heavy atom. The largest absolute Gasteiger partial charge is 0.384 e. The molecule has 0 bridgehead atoms. The number of aryl methyl sites for hydroxylation is 2. The van der Waals surface area contributed by atoms with E-state index in [2.05, 4.69) is 39.9 Å². The summed E-state index contributed by atoms with van der Waals surface area (Å²) in [5, 5.41) is 8.77. The molecule has 2 aliphatic carbocycles. The molecule has 0 radical (unpaired) electrons. The predicted molar refractivity (Wildman–Crippen MR) is 131 cm³/mol. The van der Waals surface area contributed by atoms with Gasteiger partial charge in [0, 0.05) is 41.1 Å². The number of fused-ring (bicyclic) bond motifs is 3. The van der Waals surface area contributed by atoms with Gasteiger partial charge >= 0.3 is 0 Å². The summed E-state index contributed by atoms with van der Waals surface area (Å²) >= 11 is 0. The average molecular weight is 431 g/mol. The minimum Gasteiger partial charge on any atom is -0.384 e. The Kier molecular flexibility index (Phi) is 6.54. The molecular weight excluding hydrogens is 396 g/mol. The van der Waals surface area contributed by atoms with Crippen molar-refractivity contribution < 1.29 is 0 Å². The van der Waals surface area contributed by atoms with Crippen LogP contribution in [0, 0.1) is 0 Å². The van der Waals surface area contributed by atoms with Crippen LogP contribution in [0.25, 0.3) is 10.9 Å². The minimum absolute atomic E-state index is 0.0140. The van der Waals surface area contributed by atoms with Crippen molar-refractivity contribution in [3.8, 4) is 0 Å². The van der Waals surface area contributed by atoms with Crippen LogP contribution < -0.4 is 16.2 Å². The summed E-state index contributed by atoms with van der Waals surface area (Å²) in [6.07, 6.45) is 11.6. The maximum atomic E-state index is 11.6. The lowest BCUT2D eigenvalue weighted by atomic mass is 9.91. The molecule has 0 spiro atoms. The maximum Gasteiger partial charge on any atom is 0.248 e. The second-order valence-corrected chi connectivity index (χ2v) is 9.28. The van der Waals surface area contributed by atoms with E-state index in [-0.39, 0.29) is 5.56 Å². The van der Waals surface area contributed by atoms with Crippen LogP contribution in [-0.2, 0) is 19.3 Å². The Labute approximate surface area is 190 Å². The number of anilines is 1. The third-order valence-corrected chi connectivity index (χ3v) is 7.05. The van der Waals surface area contributed by atoms with Gasteiger partial charge in [-0.1, -0.05) is 30.7 Å². The molecule has 5 rings (SSSR count). The molecule has 0 fully saturated rings. The number of unbranched alkanes of at least 4 members (excludes halogenated alkanes) is 2. The van der Waals surface area contributed by atoms with Crippen molar-refractivity contribution in [3.05, 3.63) is 69.3 Å². The van der Waals surface area contributed by atoms with Gasteiger partial charge in [-0.3, -0.25) is 9.78 Å². The molecule has 0 amide bonds. The fourth-order valence-electron chi connectivity index (χ4n) is 5.40. The van der Waals surface area contributed by atoms with Crippen molar-refractivity contribution in [2.24, 2.45) is 0 Å². The van der Waals surface area contributed by atoms with Gasteiger partial charge in [0.15, 0.2) is 0 Å². The van der Waals surface area contributed by atoms with E-state index in [1.54, 1.807) is 6.07 Å². The summed E-state index contributed by atoms with van der Waals surface area (Å²) in [5.74, 6) is 0. The van der Waals surface area contributed by atoms with Crippen LogP contribution in [0.5, 0.6) is 0 Å². The third kappa shape index (κ3) is 4.58. The first-order valence-electron chi connectivity index (χ1n) is 12.4. The molecule has 0 aliphatic heterocycles. The molecule has 5 nitrogen and oxygen atoms in total. The molecule has 168 valence electrons. The molecule has 32 heavy (non-hydrogen) atoms. The van der Waals surface area contributed by atoms with Crippen molar-refractivity contribution in [2.45, 2.75) is 70.3 Å². The topological polar surface area (TPSA) is 69.8 Å². The van der Waals surface area contributed by atoms with Crippen molar-refractivity contribution in [3.63, 3.8) is 0 Å². The number of benzene rings is 1. The highest BCUT2D eigenvalue weighted by molar-refractivity contribution is 5.93. The Balaban J connectivity index is 1.12. The Morgan fingerprint density at radius 1 is 0.938 bits per heavy atom. The zero-order valence-corrected chi connectivity index (χ0v) is 18.9. The van der Waals surface area contributed by atoms with Gasteiger partial charge in [0.1, 0.15) is 0 Å². The zero-order valence-electron chi connectivity index (χ0n) is 18.9. The van der Waals surface area contributed by atoms with Gasteiger partial charge < -0.3 is 15.6 Å². The van der Waals surface area contributed by atoms with E-state index in [1.807, 2.05) is 6.07 Å². The van der Waals surface area contributed by atoms with Gasteiger partial charge in [-0.25, -0.2) is 0 Å². The fraction of sp³-hybridized carbons (Fsp3) is 0.481. The first-order chi connectivity index (χ1) is 15.8. The van der Waals surface area contributed by atoms with Crippen LogP contribution in [0.3, 0.4) is 0 Å². The second kappa shape index (κ2) is 9.86. The lowest BCUT2D eigenvalue weighted by molar-refractivity contribution is 0.446. The van der Waals surface area contributed by atoms with Gasteiger partial charge in [-0.05, 0) is 81.5 Å². The number of aromatic amines is 1. The first kappa shape index (κ1) is 21.2. The zero-order chi connectivity index (χ0) is 21.8. The van der Waals surface area contributed by atoms with Crippen molar-refractivity contribution in [1.82, 2.24) is 15.3 Å². The first-order valence-corrected chi connectivity index (χ1v) is 12.4. The second-order valence-electron chi connectivity index (χ2n) is 9.28. The molecule has 2 aromatic heterocycles. The molecule has 5 heteroatoms. The Morgan fingerprint density at radius 2 is 1.81 bits per heavy atom. The van der Waals surface area contributed by atoms with Gasteiger partial charge in [0.2, 0.25) is 5.56 Å². The smallest absolute Gasteiger partial charge is 0.248 e. The van der Waals surface area contributed by atoms with Crippen molar-refractivity contribution in [1.29, 1.82) is 0 Å². The molecule has 2 aliphatic rings. The highest BCUT2D eigenvalue weighted by Gasteiger charge is 2.20. The number of H-pyrrole nitrogens is 1. The standard InChI is InChI=1S/C27H34N4O/c32-26-16-15-19-22(13-8-14-23(19)31-26)28-17-6-1-7-18-29-27-20-9-2-4-11-24(20)30-25-12-5-3-10-21(25)27/h2,4,9,11,15-16,22,28H,1,3,5-8,10,12-14,17-18H2,(H,29,30)(H,31,32)/t22-/m1/s1. The lowest BCUT2D eigenvalue weighted by Crippen LogP contribution is -2.28. The van der Waals surface area contributed by atoms with E-state index in [4.69, 9.17) is 4.98 Å². The maximum absolute atomic E-state index is 11.6. The number of nitrogens with zero attached hydrogens (tertiary/aromatic N) is 1. The van der Waals surface area contributed by atoms with Gasteiger partial charge in [-0.15, -0.1) is 0 Å². The average Bonchev–Trinajstić information content (AvgIpc) is 2.82. The molecule has 1 aromatic carbocycles. The van der Waals surface area contributed by atoms with Crippen LogP contribution in [0.4, 0.5) is 5.69 Å².